The van der Waals surface area contributed by atoms with E-state index in [2.05, 4.69) is 18.7 Å². The van der Waals surface area contributed by atoms with Gasteiger partial charge in [-0.15, -0.1) is 0 Å². The van der Waals surface area contributed by atoms with Gasteiger partial charge in [-0.05, 0) is 39.7 Å². The molecule has 1 unspecified atom stereocenters. The summed E-state index contributed by atoms with van der Waals surface area (Å²) in [7, 11) is 0. The maximum atomic E-state index is 10.9. The molecule has 1 saturated heterocycles. The summed E-state index contributed by atoms with van der Waals surface area (Å²) < 4.78 is 0. The summed E-state index contributed by atoms with van der Waals surface area (Å²) in [6.07, 6.45) is 4.02. The zero-order valence-electron chi connectivity index (χ0n) is 8.13. The third-order valence-corrected chi connectivity index (χ3v) is 2.43. The standard InChI is InChI=1S/C10H17NO/c1-4-11-8(2)5-6-10(11)7-9(3)12/h7-8H,4-6H2,1-3H3/b10-7+. The first-order chi connectivity index (χ1) is 5.65. The molecule has 1 atom stereocenters. The number of carbonyl (C=O) groups is 1. The van der Waals surface area contributed by atoms with Gasteiger partial charge in [0.05, 0.1) is 0 Å². The van der Waals surface area contributed by atoms with Crippen molar-refractivity contribution in [1.82, 2.24) is 4.90 Å². The topological polar surface area (TPSA) is 20.3 Å². The minimum atomic E-state index is 0.164. The van der Waals surface area contributed by atoms with Gasteiger partial charge in [-0.25, -0.2) is 0 Å². The molecule has 0 amide bonds. The van der Waals surface area contributed by atoms with E-state index in [0.717, 1.165) is 13.0 Å². The van der Waals surface area contributed by atoms with Crippen LogP contribution in [-0.4, -0.2) is 23.3 Å². The molecule has 1 heterocycles. The minimum absolute atomic E-state index is 0.164. The molecular weight excluding hydrogens is 150 g/mol. The van der Waals surface area contributed by atoms with Gasteiger partial charge in [-0.3, -0.25) is 4.79 Å². The Labute approximate surface area is 74.2 Å². The van der Waals surface area contributed by atoms with Crippen molar-refractivity contribution in [3.8, 4) is 0 Å². The largest absolute Gasteiger partial charge is 0.372 e. The van der Waals surface area contributed by atoms with Crippen molar-refractivity contribution in [3.05, 3.63) is 11.8 Å². The van der Waals surface area contributed by atoms with Crippen LogP contribution in [0.1, 0.15) is 33.6 Å². The molecule has 0 aromatic rings. The molecular formula is C10H17NO. The fourth-order valence-corrected chi connectivity index (χ4v) is 1.84. The molecule has 0 N–H and O–H groups in total. The quantitative estimate of drug-likeness (QED) is 0.586. The smallest absolute Gasteiger partial charge is 0.154 e. The van der Waals surface area contributed by atoms with Gasteiger partial charge >= 0.3 is 0 Å². The Morgan fingerprint density at radius 2 is 2.42 bits per heavy atom. The maximum Gasteiger partial charge on any atom is 0.154 e. The molecule has 1 aliphatic heterocycles. The molecule has 68 valence electrons. The number of carbonyl (C=O) groups excluding carboxylic acids is 1. The van der Waals surface area contributed by atoms with Crippen LogP contribution in [0.2, 0.25) is 0 Å². The Morgan fingerprint density at radius 1 is 1.75 bits per heavy atom. The molecule has 2 heteroatoms. The van der Waals surface area contributed by atoms with Gasteiger partial charge in [0.1, 0.15) is 0 Å². The average Bonchev–Trinajstić information content (AvgIpc) is 2.30. The second-order valence-corrected chi connectivity index (χ2v) is 3.42. The molecule has 0 spiro atoms. The lowest BCUT2D eigenvalue weighted by Gasteiger charge is -2.22. The number of ketones is 1. The predicted molar refractivity (Wildman–Crippen MR) is 49.8 cm³/mol. The molecule has 12 heavy (non-hydrogen) atoms. The van der Waals surface area contributed by atoms with Crippen LogP contribution in [0.3, 0.4) is 0 Å². The van der Waals surface area contributed by atoms with Crippen LogP contribution in [0.15, 0.2) is 11.8 Å². The van der Waals surface area contributed by atoms with Crippen molar-refractivity contribution < 1.29 is 4.79 Å². The van der Waals surface area contributed by atoms with E-state index >= 15 is 0 Å². The van der Waals surface area contributed by atoms with Crippen molar-refractivity contribution >= 4 is 5.78 Å². The molecule has 0 aromatic heterocycles. The number of hydrogen-bond acceptors (Lipinski definition) is 2. The first kappa shape index (κ1) is 9.30. The molecule has 0 radical (unpaired) electrons. The lowest BCUT2D eigenvalue weighted by molar-refractivity contribution is -0.112. The van der Waals surface area contributed by atoms with E-state index in [1.165, 1.54) is 12.1 Å². The van der Waals surface area contributed by atoms with Gasteiger partial charge in [0.2, 0.25) is 0 Å². The summed E-state index contributed by atoms with van der Waals surface area (Å²) in [5, 5.41) is 0. The van der Waals surface area contributed by atoms with Crippen LogP contribution >= 0.6 is 0 Å². The van der Waals surface area contributed by atoms with Crippen LogP contribution in [-0.2, 0) is 4.79 Å². The highest BCUT2D eigenvalue weighted by Crippen LogP contribution is 2.26. The SMILES string of the molecule is CCN1/C(=C/C(C)=O)CCC1C. The van der Waals surface area contributed by atoms with E-state index in [1.807, 2.05) is 0 Å². The van der Waals surface area contributed by atoms with Crippen molar-refractivity contribution in [3.63, 3.8) is 0 Å². The van der Waals surface area contributed by atoms with Crippen LogP contribution in [0, 0.1) is 0 Å². The summed E-state index contributed by atoms with van der Waals surface area (Å²) in [6, 6.07) is 0.612. The average molecular weight is 167 g/mol. The molecule has 1 aliphatic rings. The van der Waals surface area contributed by atoms with Crippen LogP contribution < -0.4 is 0 Å². The Kier molecular flexibility index (Phi) is 2.90. The molecule has 1 rings (SSSR count). The molecule has 0 saturated carbocycles. The van der Waals surface area contributed by atoms with E-state index < -0.39 is 0 Å². The first-order valence-corrected chi connectivity index (χ1v) is 4.63. The predicted octanol–water partition coefficient (Wildman–Crippen LogP) is 1.96. The summed E-state index contributed by atoms with van der Waals surface area (Å²) in [5.74, 6) is 0.164. The van der Waals surface area contributed by atoms with Gasteiger partial charge in [-0.1, -0.05) is 0 Å². The normalized spacial score (nSPS) is 26.8. The summed E-state index contributed by atoms with van der Waals surface area (Å²) >= 11 is 0. The van der Waals surface area contributed by atoms with Gasteiger partial charge < -0.3 is 4.90 Å². The zero-order valence-corrected chi connectivity index (χ0v) is 8.13. The Bertz CT molecular complexity index is 208. The van der Waals surface area contributed by atoms with Gasteiger partial charge in [0.25, 0.3) is 0 Å². The molecule has 0 aromatic carbocycles. The van der Waals surface area contributed by atoms with E-state index in [0.29, 0.717) is 6.04 Å². The Morgan fingerprint density at radius 3 is 2.92 bits per heavy atom. The van der Waals surface area contributed by atoms with Crippen LogP contribution in [0.4, 0.5) is 0 Å². The third kappa shape index (κ3) is 1.87. The molecule has 1 fully saturated rings. The Hall–Kier alpha value is -0.790. The third-order valence-electron chi connectivity index (χ3n) is 2.43. The van der Waals surface area contributed by atoms with Crippen molar-refractivity contribution in [2.45, 2.75) is 39.7 Å². The van der Waals surface area contributed by atoms with E-state index in [9.17, 15) is 4.79 Å². The van der Waals surface area contributed by atoms with Crippen LogP contribution in [0.5, 0.6) is 0 Å². The fourth-order valence-electron chi connectivity index (χ4n) is 1.84. The summed E-state index contributed by atoms with van der Waals surface area (Å²) in [5.41, 5.74) is 1.22. The van der Waals surface area contributed by atoms with Gasteiger partial charge in [0, 0.05) is 18.3 Å². The zero-order chi connectivity index (χ0) is 9.14. The highest BCUT2D eigenvalue weighted by molar-refractivity contribution is 5.87. The Balaban J connectivity index is 2.72. The summed E-state index contributed by atoms with van der Waals surface area (Å²) in [4.78, 5) is 13.2. The lowest BCUT2D eigenvalue weighted by Crippen LogP contribution is -2.25. The minimum Gasteiger partial charge on any atom is -0.372 e. The van der Waals surface area contributed by atoms with E-state index in [-0.39, 0.29) is 5.78 Å². The fraction of sp³-hybridized carbons (Fsp3) is 0.700. The maximum absolute atomic E-state index is 10.9. The number of hydrogen-bond donors (Lipinski definition) is 0. The van der Waals surface area contributed by atoms with Gasteiger partial charge in [-0.2, -0.15) is 0 Å². The van der Waals surface area contributed by atoms with Crippen LogP contribution in [0.25, 0.3) is 0 Å². The molecule has 0 aliphatic carbocycles. The molecule has 0 bridgehead atoms. The number of likely N-dealkylation sites (tertiary alicyclic amines) is 1. The van der Waals surface area contributed by atoms with Crippen molar-refractivity contribution in [2.75, 3.05) is 6.54 Å². The van der Waals surface area contributed by atoms with E-state index in [1.54, 1.807) is 13.0 Å². The highest BCUT2D eigenvalue weighted by atomic mass is 16.1. The lowest BCUT2D eigenvalue weighted by atomic mass is 10.2. The number of allylic oxidation sites excluding steroid dienone is 2. The van der Waals surface area contributed by atoms with Gasteiger partial charge in [0.15, 0.2) is 5.78 Å². The van der Waals surface area contributed by atoms with E-state index in [4.69, 9.17) is 0 Å². The first-order valence-electron chi connectivity index (χ1n) is 4.63. The second kappa shape index (κ2) is 3.74. The highest BCUT2D eigenvalue weighted by Gasteiger charge is 2.22. The summed E-state index contributed by atoms with van der Waals surface area (Å²) in [6.45, 7) is 6.98. The molecule has 2 nitrogen and oxygen atoms in total. The number of rotatable bonds is 2. The van der Waals surface area contributed by atoms with Crippen molar-refractivity contribution in [1.29, 1.82) is 0 Å². The van der Waals surface area contributed by atoms with Crippen molar-refractivity contribution in [2.24, 2.45) is 0 Å². The second-order valence-electron chi connectivity index (χ2n) is 3.42. The number of nitrogens with zero attached hydrogens (tertiary/aromatic N) is 1. The monoisotopic (exact) mass is 167 g/mol.